The highest BCUT2D eigenvalue weighted by Gasteiger charge is 2.20. The third-order valence-corrected chi connectivity index (χ3v) is 4.14. The first-order valence-corrected chi connectivity index (χ1v) is 8.59. The maximum Gasteiger partial charge on any atom is 0.247 e. The van der Waals surface area contributed by atoms with Gasteiger partial charge >= 0.3 is 0 Å². The topological polar surface area (TPSA) is 90.9 Å². The van der Waals surface area contributed by atoms with Crippen LogP contribution in [0.5, 0.6) is 0 Å². The highest BCUT2D eigenvalue weighted by Crippen LogP contribution is 2.22. The van der Waals surface area contributed by atoms with Gasteiger partial charge in [-0.3, -0.25) is 4.79 Å². The van der Waals surface area contributed by atoms with E-state index < -0.39 is 6.04 Å². The zero-order valence-electron chi connectivity index (χ0n) is 14.7. The van der Waals surface area contributed by atoms with Crippen LogP contribution in [-0.2, 0) is 11.3 Å². The molecule has 1 amide bonds. The second-order valence-electron chi connectivity index (χ2n) is 6.14. The van der Waals surface area contributed by atoms with Crippen LogP contribution in [-0.4, -0.2) is 5.91 Å². The monoisotopic (exact) mass is 356 g/mol. The van der Waals surface area contributed by atoms with Crippen molar-refractivity contribution >= 4 is 17.3 Å². The number of nitrogens with zero attached hydrogens (tertiary/aromatic N) is 1. The summed E-state index contributed by atoms with van der Waals surface area (Å²) >= 11 is 0. The first-order chi connectivity index (χ1) is 13.2. The molecule has 0 bridgehead atoms. The SMILES string of the molecule is N#Cc1ccc(NC(C(=O)NCc2ccccc2)c2cccc(N)c2)cc1. The minimum Gasteiger partial charge on any atom is -0.399 e. The van der Waals surface area contributed by atoms with Crippen molar-refractivity contribution in [1.29, 1.82) is 5.26 Å². The zero-order valence-corrected chi connectivity index (χ0v) is 14.7. The van der Waals surface area contributed by atoms with Crippen molar-refractivity contribution in [2.75, 3.05) is 11.1 Å². The number of nitriles is 1. The summed E-state index contributed by atoms with van der Waals surface area (Å²) in [6, 6.07) is 25.4. The summed E-state index contributed by atoms with van der Waals surface area (Å²) in [6.45, 7) is 0.438. The van der Waals surface area contributed by atoms with Crippen LogP contribution < -0.4 is 16.4 Å². The number of hydrogen-bond donors (Lipinski definition) is 3. The number of nitrogens with one attached hydrogen (secondary N) is 2. The van der Waals surface area contributed by atoms with Crippen molar-refractivity contribution in [3.63, 3.8) is 0 Å². The fourth-order valence-electron chi connectivity index (χ4n) is 2.73. The number of anilines is 2. The average Bonchev–Trinajstić information content (AvgIpc) is 2.71. The van der Waals surface area contributed by atoms with Crippen LogP contribution in [0, 0.1) is 11.3 Å². The Bertz CT molecular complexity index is 946. The fourth-order valence-corrected chi connectivity index (χ4v) is 2.73. The first-order valence-electron chi connectivity index (χ1n) is 8.59. The Morgan fingerprint density at radius 3 is 2.41 bits per heavy atom. The number of amides is 1. The molecule has 0 aliphatic rings. The predicted octanol–water partition coefficient (Wildman–Crippen LogP) is 3.61. The number of benzene rings is 3. The van der Waals surface area contributed by atoms with Crippen LogP contribution in [0.15, 0.2) is 78.9 Å². The molecule has 0 aliphatic carbocycles. The van der Waals surface area contributed by atoms with E-state index in [2.05, 4.69) is 16.7 Å². The van der Waals surface area contributed by atoms with E-state index in [0.29, 0.717) is 17.8 Å². The lowest BCUT2D eigenvalue weighted by molar-refractivity contribution is -0.122. The van der Waals surface area contributed by atoms with Gasteiger partial charge in [0.05, 0.1) is 11.6 Å². The summed E-state index contributed by atoms with van der Waals surface area (Å²) in [4.78, 5) is 12.9. The molecule has 4 N–H and O–H groups in total. The van der Waals surface area contributed by atoms with Crippen LogP contribution >= 0.6 is 0 Å². The molecular weight excluding hydrogens is 336 g/mol. The number of nitrogen functional groups attached to an aromatic ring is 1. The van der Waals surface area contributed by atoms with Crippen molar-refractivity contribution in [3.05, 3.63) is 95.6 Å². The van der Waals surface area contributed by atoms with Gasteiger partial charge in [0.15, 0.2) is 0 Å². The molecule has 0 saturated carbocycles. The summed E-state index contributed by atoms with van der Waals surface area (Å²) in [5.74, 6) is -0.159. The second kappa shape index (κ2) is 8.54. The molecule has 1 unspecified atom stereocenters. The van der Waals surface area contributed by atoms with Crippen molar-refractivity contribution in [2.45, 2.75) is 12.6 Å². The van der Waals surface area contributed by atoms with Crippen LogP contribution in [0.4, 0.5) is 11.4 Å². The normalized spacial score (nSPS) is 11.2. The van der Waals surface area contributed by atoms with Gasteiger partial charge in [-0.25, -0.2) is 0 Å². The van der Waals surface area contributed by atoms with Gasteiger partial charge in [-0.15, -0.1) is 0 Å². The standard InChI is InChI=1S/C22H20N4O/c23-14-16-9-11-20(12-10-16)26-21(18-7-4-8-19(24)13-18)22(27)25-15-17-5-2-1-3-6-17/h1-13,21,26H,15,24H2,(H,25,27). The number of hydrogen-bond acceptors (Lipinski definition) is 4. The van der Waals surface area contributed by atoms with E-state index in [1.165, 1.54) is 0 Å². The lowest BCUT2D eigenvalue weighted by Crippen LogP contribution is -2.33. The third kappa shape index (κ3) is 4.86. The molecule has 0 fully saturated rings. The van der Waals surface area contributed by atoms with Gasteiger partial charge in [-0.1, -0.05) is 42.5 Å². The lowest BCUT2D eigenvalue weighted by atomic mass is 10.0. The van der Waals surface area contributed by atoms with Crippen molar-refractivity contribution in [1.82, 2.24) is 5.32 Å². The third-order valence-electron chi connectivity index (χ3n) is 4.14. The van der Waals surface area contributed by atoms with Crippen LogP contribution in [0.3, 0.4) is 0 Å². The van der Waals surface area contributed by atoms with Crippen LogP contribution in [0.25, 0.3) is 0 Å². The molecule has 0 aliphatic heterocycles. The van der Waals surface area contributed by atoms with E-state index in [1.807, 2.05) is 42.5 Å². The largest absolute Gasteiger partial charge is 0.399 e. The molecule has 3 rings (SSSR count). The van der Waals surface area contributed by atoms with Crippen LogP contribution in [0.2, 0.25) is 0 Å². The van der Waals surface area contributed by atoms with Gasteiger partial charge < -0.3 is 16.4 Å². The molecule has 27 heavy (non-hydrogen) atoms. The molecule has 5 heteroatoms. The average molecular weight is 356 g/mol. The molecule has 3 aromatic carbocycles. The number of nitrogens with two attached hydrogens (primary N) is 1. The number of carbonyl (C=O) groups excluding carboxylic acids is 1. The van der Waals surface area contributed by atoms with Gasteiger partial charge in [0.1, 0.15) is 6.04 Å². The van der Waals surface area contributed by atoms with Gasteiger partial charge in [-0.05, 0) is 47.5 Å². The van der Waals surface area contributed by atoms with Gasteiger partial charge in [0.25, 0.3) is 0 Å². The highest BCUT2D eigenvalue weighted by atomic mass is 16.2. The zero-order chi connectivity index (χ0) is 19.1. The maximum atomic E-state index is 12.9. The summed E-state index contributed by atoms with van der Waals surface area (Å²) in [7, 11) is 0. The minimum absolute atomic E-state index is 0.159. The molecular formula is C22H20N4O. The minimum atomic E-state index is -0.606. The summed E-state index contributed by atoms with van der Waals surface area (Å²) in [5, 5.41) is 15.1. The fraction of sp³-hybridized carbons (Fsp3) is 0.0909. The van der Waals surface area contributed by atoms with Crippen molar-refractivity contribution in [3.8, 4) is 6.07 Å². The van der Waals surface area contributed by atoms with E-state index in [9.17, 15) is 4.79 Å². The smallest absolute Gasteiger partial charge is 0.247 e. The van der Waals surface area contributed by atoms with E-state index in [-0.39, 0.29) is 5.91 Å². The quantitative estimate of drug-likeness (QED) is 0.589. The summed E-state index contributed by atoms with van der Waals surface area (Å²) in [5.41, 5.74) is 9.59. The molecule has 0 radical (unpaired) electrons. The molecule has 1 atom stereocenters. The van der Waals surface area contributed by atoms with Crippen molar-refractivity contribution in [2.24, 2.45) is 0 Å². The van der Waals surface area contributed by atoms with E-state index >= 15 is 0 Å². The Morgan fingerprint density at radius 2 is 1.74 bits per heavy atom. The number of carbonyl (C=O) groups is 1. The van der Waals surface area contributed by atoms with E-state index in [0.717, 1.165) is 16.8 Å². The van der Waals surface area contributed by atoms with Crippen LogP contribution in [0.1, 0.15) is 22.7 Å². The molecule has 0 saturated heterocycles. The Morgan fingerprint density at radius 1 is 1.00 bits per heavy atom. The number of rotatable bonds is 6. The Hall–Kier alpha value is -3.78. The maximum absolute atomic E-state index is 12.9. The highest BCUT2D eigenvalue weighted by molar-refractivity contribution is 5.86. The van der Waals surface area contributed by atoms with Gasteiger partial charge in [0.2, 0.25) is 5.91 Å². The molecule has 0 aromatic heterocycles. The summed E-state index contributed by atoms with van der Waals surface area (Å²) < 4.78 is 0. The molecule has 5 nitrogen and oxygen atoms in total. The second-order valence-corrected chi connectivity index (χ2v) is 6.14. The molecule has 0 spiro atoms. The van der Waals surface area contributed by atoms with E-state index in [1.54, 1.807) is 36.4 Å². The van der Waals surface area contributed by atoms with Gasteiger partial charge in [0, 0.05) is 17.9 Å². The first kappa shape index (κ1) is 18.0. The molecule has 134 valence electrons. The Labute approximate surface area is 158 Å². The lowest BCUT2D eigenvalue weighted by Gasteiger charge is -2.20. The summed E-state index contributed by atoms with van der Waals surface area (Å²) in [6.07, 6.45) is 0. The van der Waals surface area contributed by atoms with Gasteiger partial charge in [-0.2, -0.15) is 5.26 Å². The molecule has 0 heterocycles. The Balaban J connectivity index is 1.80. The molecule has 3 aromatic rings. The van der Waals surface area contributed by atoms with Crippen molar-refractivity contribution < 1.29 is 4.79 Å². The van der Waals surface area contributed by atoms with E-state index in [4.69, 9.17) is 11.0 Å². The predicted molar refractivity (Wildman–Crippen MR) is 107 cm³/mol. The Kier molecular flexibility index (Phi) is 5.70.